The lowest BCUT2D eigenvalue weighted by atomic mass is 9.96. The third-order valence-electron chi connectivity index (χ3n) is 4.57. The summed E-state index contributed by atoms with van der Waals surface area (Å²) in [5.41, 5.74) is 1.27. The quantitative estimate of drug-likeness (QED) is 0.821. The van der Waals surface area contributed by atoms with E-state index in [9.17, 15) is 0 Å². The van der Waals surface area contributed by atoms with E-state index in [0.29, 0.717) is 5.92 Å². The van der Waals surface area contributed by atoms with Gasteiger partial charge in [0.15, 0.2) is 0 Å². The Morgan fingerprint density at radius 3 is 2.83 bits per heavy atom. The predicted octanol–water partition coefficient (Wildman–Crippen LogP) is 2.61. The molecular formula is C18H27N5. The van der Waals surface area contributed by atoms with E-state index in [-0.39, 0.29) is 0 Å². The summed E-state index contributed by atoms with van der Waals surface area (Å²) in [6.45, 7) is 4.35. The zero-order valence-corrected chi connectivity index (χ0v) is 14.2. The molecule has 124 valence electrons. The van der Waals surface area contributed by atoms with Gasteiger partial charge in [-0.25, -0.2) is 4.98 Å². The highest BCUT2D eigenvalue weighted by Crippen LogP contribution is 2.29. The Kier molecular flexibility index (Phi) is 5.28. The van der Waals surface area contributed by atoms with Gasteiger partial charge in [-0.15, -0.1) is 0 Å². The molecule has 0 spiro atoms. The summed E-state index contributed by atoms with van der Waals surface area (Å²) in [6, 6.07) is 4.21. The molecule has 0 aliphatic carbocycles. The fraction of sp³-hybridized carbons (Fsp3) is 0.556. The number of rotatable bonds is 6. The SMILES string of the molecule is CN(C)CCCn1ccnc1C1CCCN(c2ccncc2)C1. The summed E-state index contributed by atoms with van der Waals surface area (Å²) in [7, 11) is 4.26. The van der Waals surface area contributed by atoms with Crippen LogP contribution in [0, 0.1) is 0 Å². The zero-order chi connectivity index (χ0) is 16.1. The number of piperidine rings is 1. The van der Waals surface area contributed by atoms with Crippen molar-refractivity contribution in [3.05, 3.63) is 42.7 Å². The van der Waals surface area contributed by atoms with Crippen LogP contribution in [-0.4, -0.2) is 53.2 Å². The Labute approximate surface area is 139 Å². The molecule has 0 aromatic carbocycles. The largest absolute Gasteiger partial charge is 0.371 e. The van der Waals surface area contributed by atoms with E-state index in [1.165, 1.54) is 24.4 Å². The van der Waals surface area contributed by atoms with E-state index >= 15 is 0 Å². The number of aromatic nitrogens is 3. The van der Waals surface area contributed by atoms with Crippen LogP contribution in [0.4, 0.5) is 5.69 Å². The van der Waals surface area contributed by atoms with Crippen molar-refractivity contribution in [1.82, 2.24) is 19.4 Å². The van der Waals surface area contributed by atoms with Crippen molar-refractivity contribution in [2.45, 2.75) is 31.7 Å². The molecular weight excluding hydrogens is 286 g/mol. The molecule has 1 saturated heterocycles. The van der Waals surface area contributed by atoms with Crippen LogP contribution in [0.2, 0.25) is 0 Å². The number of hydrogen-bond acceptors (Lipinski definition) is 4. The maximum atomic E-state index is 4.68. The second kappa shape index (κ2) is 7.59. The van der Waals surface area contributed by atoms with Crippen molar-refractivity contribution in [3.8, 4) is 0 Å². The molecule has 1 atom stereocenters. The van der Waals surface area contributed by atoms with Gasteiger partial charge in [0.1, 0.15) is 5.82 Å². The highest BCUT2D eigenvalue weighted by Gasteiger charge is 2.24. The Morgan fingerprint density at radius 1 is 1.22 bits per heavy atom. The normalized spacial score (nSPS) is 18.6. The van der Waals surface area contributed by atoms with Crippen molar-refractivity contribution in [3.63, 3.8) is 0 Å². The molecule has 0 N–H and O–H groups in total. The van der Waals surface area contributed by atoms with E-state index in [2.05, 4.69) is 56.8 Å². The fourth-order valence-electron chi connectivity index (χ4n) is 3.40. The van der Waals surface area contributed by atoms with E-state index in [0.717, 1.165) is 32.6 Å². The Morgan fingerprint density at radius 2 is 2.04 bits per heavy atom. The summed E-state index contributed by atoms with van der Waals surface area (Å²) in [5.74, 6) is 1.77. The topological polar surface area (TPSA) is 37.2 Å². The molecule has 2 aromatic heterocycles. The monoisotopic (exact) mass is 313 g/mol. The number of imidazole rings is 1. The standard InChI is InChI=1S/C18H27N5/c1-21(2)11-4-13-22-14-10-20-18(22)16-5-3-12-23(15-16)17-6-8-19-9-7-17/h6-10,14,16H,3-5,11-13,15H2,1-2H3. The van der Waals surface area contributed by atoms with E-state index in [1.807, 2.05) is 18.6 Å². The smallest absolute Gasteiger partial charge is 0.113 e. The molecule has 1 unspecified atom stereocenters. The van der Waals surface area contributed by atoms with Gasteiger partial charge < -0.3 is 14.4 Å². The minimum atomic E-state index is 0.520. The van der Waals surface area contributed by atoms with Crippen molar-refractivity contribution in [2.24, 2.45) is 0 Å². The summed E-state index contributed by atoms with van der Waals surface area (Å²) in [5, 5.41) is 0. The van der Waals surface area contributed by atoms with Crippen LogP contribution >= 0.6 is 0 Å². The lowest BCUT2D eigenvalue weighted by Crippen LogP contribution is -2.35. The summed E-state index contributed by atoms with van der Waals surface area (Å²) >= 11 is 0. The molecule has 3 heterocycles. The van der Waals surface area contributed by atoms with Gasteiger partial charge in [-0.3, -0.25) is 4.98 Å². The van der Waals surface area contributed by atoms with Gasteiger partial charge >= 0.3 is 0 Å². The number of anilines is 1. The Hall–Kier alpha value is -1.88. The van der Waals surface area contributed by atoms with Crippen LogP contribution in [0.15, 0.2) is 36.9 Å². The number of hydrogen-bond donors (Lipinski definition) is 0. The molecule has 0 amide bonds. The predicted molar refractivity (Wildman–Crippen MR) is 93.8 cm³/mol. The first kappa shape index (κ1) is 16.0. The molecule has 0 saturated carbocycles. The minimum Gasteiger partial charge on any atom is -0.371 e. The van der Waals surface area contributed by atoms with Gasteiger partial charge in [-0.05, 0) is 52.0 Å². The average Bonchev–Trinajstić information content (AvgIpc) is 3.04. The highest BCUT2D eigenvalue weighted by atomic mass is 15.2. The van der Waals surface area contributed by atoms with Crippen LogP contribution in [0.3, 0.4) is 0 Å². The average molecular weight is 313 g/mol. The molecule has 0 radical (unpaired) electrons. The maximum Gasteiger partial charge on any atom is 0.113 e. The molecule has 1 aliphatic heterocycles. The van der Waals surface area contributed by atoms with E-state index in [1.54, 1.807) is 0 Å². The van der Waals surface area contributed by atoms with Gasteiger partial charge in [0.25, 0.3) is 0 Å². The first-order chi connectivity index (χ1) is 11.2. The molecule has 3 rings (SSSR count). The number of aryl methyl sites for hydroxylation is 1. The second-order valence-electron chi connectivity index (χ2n) is 6.63. The molecule has 1 fully saturated rings. The van der Waals surface area contributed by atoms with Gasteiger partial charge in [-0.1, -0.05) is 0 Å². The number of nitrogens with zero attached hydrogens (tertiary/aromatic N) is 5. The third kappa shape index (κ3) is 4.10. The molecule has 1 aliphatic rings. The molecule has 2 aromatic rings. The molecule has 5 heteroatoms. The van der Waals surface area contributed by atoms with Crippen LogP contribution < -0.4 is 4.90 Å². The van der Waals surface area contributed by atoms with Gasteiger partial charge in [-0.2, -0.15) is 0 Å². The first-order valence-corrected chi connectivity index (χ1v) is 8.55. The Balaban J connectivity index is 1.66. The maximum absolute atomic E-state index is 4.68. The van der Waals surface area contributed by atoms with Crippen molar-refractivity contribution in [2.75, 3.05) is 38.6 Å². The number of pyridine rings is 1. The second-order valence-corrected chi connectivity index (χ2v) is 6.63. The highest BCUT2D eigenvalue weighted by molar-refractivity contribution is 5.45. The third-order valence-corrected chi connectivity index (χ3v) is 4.57. The lowest BCUT2D eigenvalue weighted by molar-refractivity contribution is 0.380. The fourth-order valence-corrected chi connectivity index (χ4v) is 3.40. The van der Waals surface area contributed by atoms with Crippen LogP contribution in [0.5, 0.6) is 0 Å². The van der Waals surface area contributed by atoms with Gasteiger partial charge in [0.2, 0.25) is 0 Å². The Bertz CT molecular complexity index is 592. The van der Waals surface area contributed by atoms with E-state index in [4.69, 9.17) is 0 Å². The molecule has 0 bridgehead atoms. The first-order valence-electron chi connectivity index (χ1n) is 8.55. The van der Waals surface area contributed by atoms with Gasteiger partial charge in [0.05, 0.1) is 0 Å². The minimum absolute atomic E-state index is 0.520. The zero-order valence-electron chi connectivity index (χ0n) is 14.2. The van der Waals surface area contributed by atoms with Crippen LogP contribution in [0.25, 0.3) is 0 Å². The summed E-state index contributed by atoms with van der Waals surface area (Å²) in [6.07, 6.45) is 11.5. The summed E-state index contributed by atoms with van der Waals surface area (Å²) in [4.78, 5) is 13.5. The van der Waals surface area contributed by atoms with Crippen LogP contribution in [-0.2, 0) is 6.54 Å². The molecule has 23 heavy (non-hydrogen) atoms. The van der Waals surface area contributed by atoms with Crippen LogP contribution in [0.1, 0.15) is 31.0 Å². The van der Waals surface area contributed by atoms with Crippen molar-refractivity contribution in [1.29, 1.82) is 0 Å². The van der Waals surface area contributed by atoms with Gasteiger partial charge in [0, 0.05) is 56.0 Å². The summed E-state index contributed by atoms with van der Waals surface area (Å²) < 4.78 is 2.35. The van der Waals surface area contributed by atoms with E-state index < -0.39 is 0 Å². The van der Waals surface area contributed by atoms with Crippen molar-refractivity contribution < 1.29 is 0 Å². The molecule has 5 nitrogen and oxygen atoms in total. The lowest BCUT2D eigenvalue weighted by Gasteiger charge is -2.34. The van der Waals surface area contributed by atoms with Crippen molar-refractivity contribution >= 4 is 5.69 Å².